The Balaban J connectivity index is 1.39. The number of nitrogens with one attached hydrogen (secondary N) is 1. The molecule has 4 nitrogen and oxygen atoms in total. The zero-order valence-electron chi connectivity index (χ0n) is 17.0. The predicted octanol–water partition coefficient (Wildman–Crippen LogP) is 5.17. The molecule has 1 heterocycles. The van der Waals surface area contributed by atoms with E-state index in [1.165, 1.54) is 6.07 Å². The van der Waals surface area contributed by atoms with Crippen molar-refractivity contribution in [3.05, 3.63) is 101 Å². The van der Waals surface area contributed by atoms with E-state index in [4.69, 9.17) is 16.6 Å². The van der Waals surface area contributed by atoms with Gasteiger partial charge in [0.2, 0.25) is 5.91 Å². The van der Waals surface area contributed by atoms with Crippen LogP contribution in [0, 0.1) is 5.82 Å². The highest BCUT2D eigenvalue weighted by atomic mass is 35.5. The number of benzene rings is 3. The molecule has 0 saturated carbocycles. The molecule has 3 aromatic carbocycles. The van der Waals surface area contributed by atoms with Crippen molar-refractivity contribution in [3.8, 4) is 0 Å². The molecule has 1 N–H and O–H groups in total. The van der Waals surface area contributed by atoms with Gasteiger partial charge in [0.1, 0.15) is 11.6 Å². The number of amides is 1. The number of para-hydroxylation sites is 2. The van der Waals surface area contributed by atoms with Crippen LogP contribution in [0.3, 0.4) is 0 Å². The summed E-state index contributed by atoms with van der Waals surface area (Å²) < 4.78 is 16.3. The highest BCUT2D eigenvalue weighted by Crippen LogP contribution is 2.20. The van der Waals surface area contributed by atoms with Gasteiger partial charge in [0, 0.05) is 23.6 Å². The van der Waals surface area contributed by atoms with Crippen LogP contribution in [0.4, 0.5) is 4.39 Å². The molecule has 4 rings (SSSR count). The first-order valence-electron chi connectivity index (χ1n) is 10.3. The summed E-state index contributed by atoms with van der Waals surface area (Å²) in [6.45, 7) is 0.973. The van der Waals surface area contributed by atoms with E-state index in [1.54, 1.807) is 24.3 Å². The SMILES string of the molecule is O=C(Cc1ccc(Cl)cc1)NCCCc1nc2ccccc2n1Cc1ccccc1F. The van der Waals surface area contributed by atoms with Crippen LogP contribution >= 0.6 is 11.6 Å². The molecule has 0 aliphatic rings. The molecule has 0 unspecified atom stereocenters. The summed E-state index contributed by atoms with van der Waals surface area (Å²) in [4.78, 5) is 16.9. The molecule has 4 aromatic rings. The van der Waals surface area contributed by atoms with Crippen LogP contribution in [0.25, 0.3) is 11.0 Å². The molecule has 0 fully saturated rings. The predicted molar refractivity (Wildman–Crippen MR) is 122 cm³/mol. The lowest BCUT2D eigenvalue weighted by Gasteiger charge is -2.11. The van der Waals surface area contributed by atoms with Crippen LogP contribution in [0.15, 0.2) is 72.8 Å². The summed E-state index contributed by atoms with van der Waals surface area (Å²) in [6.07, 6.45) is 1.75. The van der Waals surface area contributed by atoms with E-state index in [0.29, 0.717) is 36.5 Å². The van der Waals surface area contributed by atoms with E-state index in [-0.39, 0.29) is 11.7 Å². The van der Waals surface area contributed by atoms with Gasteiger partial charge in [0.15, 0.2) is 0 Å². The summed E-state index contributed by atoms with van der Waals surface area (Å²) in [5.41, 5.74) is 3.42. The number of halogens is 2. The molecule has 1 amide bonds. The molecule has 0 atom stereocenters. The number of carbonyl (C=O) groups excluding carboxylic acids is 1. The second-order valence-electron chi connectivity index (χ2n) is 7.45. The fourth-order valence-corrected chi connectivity index (χ4v) is 3.74. The lowest BCUT2D eigenvalue weighted by atomic mass is 10.1. The van der Waals surface area contributed by atoms with Gasteiger partial charge < -0.3 is 9.88 Å². The van der Waals surface area contributed by atoms with Crippen molar-refractivity contribution in [3.63, 3.8) is 0 Å². The zero-order chi connectivity index (χ0) is 21.6. The summed E-state index contributed by atoms with van der Waals surface area (Å²) in [5.74, 6) is 0.638. The third-order valence-electron chi connectivity index (χ3n) is 5.20. The third-order valence-corrected chi connectivity index (χ3v) is 5.45. The van der Waals surface area contributed by atoms with Crippen LogP contribution in [-0.2, 0) is 24.2 Å². The van der Waals surface area contributed by atoms with Gasteiger partial charge in [0.25, 0.3) is 0 Å². The van der Waals surface area contributed by atoms with Gasteiger partial charge in [-0.2, -0.15) is 0 Å². The molecule has 0 aliphatic heterocycles. The van der Waals surface area contributed by atoms with Crippen LogP contribution in [0.1, 0.15) is 23.4 Å². The van der Waals surface area contributed by atoms with E-state index < -0.39 is 0 Å². The molecule has 0 bridgehead atoms. The summed E-state index contributed by atoms with van der Waals surface area (Å²) in [6, 6.07) is 22.0. The first-order chi connectivity index (χ1) is 15.1. The molecular formula is C25H23ClFN3O. The average molecular weight is 436 g/mol. The number of imidazole rings is 1. The van der Waals surface area contributed by atoms with Crippen molar-refractivity contribution < 1.29 is 9.18 Å². The second-order valence-corrected chi connectivity index (χ2v) is 7.89. The Kier molecular flexibility index (Phi) is 6.63. The van der Waals surface area contributed by atoms with Gasteiger partial charge in [-0.1, -0.05) is 54.1 Å². The van der Waals surface area contributed by atoms with E-state index >= 15 is 0 Å². The molecule has 0 radical (unpaired) electrons. The van der Waals surface area contributed by atoms with Crippen LogP contribution in [-0.4, -0.2) is 22.0 Å². The van der Waals surface area contributed by atoms with Gasteiger partial charge in [-0.25, -0.2) is 9.37 Å². The van der Waals surface area contributed by atoms with Gasteiger partial charge in [-0.05, 0) is 42.3 Å². The second kappa shape index (κ2) is 9.75. The van der Waals surface area contributed by atoms with Crippen molar-refractivity contribution in [2.75, 3.05) is 6.54 Å². The minimum atomic E-state index is -0.222. The standard InChI is InChI=1S/C25H23ClFN3O/c26-20-13-11-18(12-14-20)16-25(31)28-15-5-10-24-29-22-8-3-4-9-23(22)30(24)17-19-6-1-2-7-21(19)27/h1-4,6-9,11-14H,5,10,15-17H2,(H,28,31). The van der Waals surface area contributed by atoms with Gasteiger partial charge in [-0.15, -0.1) is 0 Å². The van der Waals surface area contributed by atoms with E-state index in [9.17, 15) is 9.18 Å². The first-order valence-corrected chi connectivity index (χ1v) is 10.7. The number of hydrogen-bond donors (Lipinski definition) is 1. The number of aromatic nitrogens is 2. The largest absolute Gasteiger partial charge is 0.356 e. The van der Waals surface area contributed by atoms with E-state index in [1.807, 2.05) is 42.5 Å². The Morgan fingerprint density at radius 3 is 2.55 bits per heavy atom. The summed E-state index contributed by atoms with van der Waals surface area (Å²) >= 11 is 5.88. The third kappa shape index (κ3) is 5.30. The Morgan fingerprint density at radius 2 is 1.74 bits per heavy atom. The van der Waals surface area contributed by atoms with Crippen molar-refractivity contribution in [2.24, 2.45) is 0 Å². The van der Waals surface area contributed by atoms with E-state index in [2.05, 4.69) is 9.88 Å². The average Bonchev–Trinajstić information content (AvgIpc) is 3.12. The minimum absolute atomic E-state index is 0.0258. The quantitative estimate of drug-likeness (QED) is 0.388. The number of rotatable bonds is 8. The molecule has 0 saturated heterocycles. The van der Waals surface area contributed by atoms with Crippen LogP contribution in [0.5, 0.6) is 0 Å². The maximum atomic E-state index is 14.2. The number of carbonyl (C=O) groups is 1. The number of hydrogen-bond acceptors (Lipinski definition) is 2. The fourth-order valence-electron chi connectivity index (χ4n) is 3.61. The molecule has 6 heteroatoms. The lowest BCUT2D eigenvalue weighted by Crippen LogP contribution is -2.26. The van der Waals surface area contributed by atoms with Crippen LogP contribution in [0.2, 0.25) is 5.02 Å². The topological polar surface area (TPSA) is 46.9 Å². The molecule has 1 aromatic heterocycles. The van der Waals surface area contributed by atoms with Crippen molar-refractivity contribution >= 4 is 28.5 Å². The monoisotopic (exact) mass is 435 g/mol. The number of aryl methyl sites for hydroxylation is 1. The van der Waals surface area contributed by atoms with Gasteiger partial charge in [0.05, 0.1) is 24.0 Å². The first kappa shape index (κ1) is 21.1. The summed E-state index contributed by atoms with van der Waals surface area (Å²) in [7, 11) is 0. The van der Waals surface area contributed by atoms with E-state index in [0.717, 1.165) is 28.8 Å². The summed E-state index contributed by atoms with van der Waals surface area (Å²) in [5, 5.41) is 3.61. The van der Waals surface area contributed by atoms with Crippen molar-refractivity contribution in [2.45, 2.75) is 25.8 Å². The normalized spacial score (nSPS) is 11.0. The fraction of sp³-hybridized carbons (Fsp3) is 0.200. The number of fused-ring (bicyclic) bond motifs is 1. The van der Waals surface area contributed by atoms with Crippen molar-refractivity contribution in [1.82, 2.24) is 14.9 Å². The Labute approximate surface area is 185 Å². The van der Waals surface area contributed by atoms with Crippen LogP contribution < -0.4 is 5.32 Å². The smallest absolute Gasteiger partial charge is 0.224 e. The Bertz CT molecular complexity index is 1190. The Hall–Kier alpha value is -3.18. The zero-order valence-corrected chi connectivity index (χ0v) is 17.8. The lowest BCUT2D eigenvalue weighted by molar-refractivity contribution is -0.120. The Morgan fingerprint density at radius 1 is 1.00 bits per heavy atom. The molecule has 0 spiro atoms. The molecular weight excluding hydrogens is 413 g/mol. The number of nitrogens with zero attached hydrogens (tertiary/aromatic N) is 2. The minimum Gasteiger partial charge on any atom is -0.356 e. The maximum absolute atomic E-state index is 14.2. The molecule has 31 heavy (non-hydrogen) atoms. The molecule has 158 valence electrons. The van der Waals surface area contributed by atoms with Gasteiger partial charge >= 0.3 is 0 Å². The van der Waals surface area contributed by atoms with Gasteiger partial charge in [-0.3, -0.25) is 4.79 Å². The highest BCUT2D eigenvalue weighted by molar-refractivity contribution is 6.30. The highest BCUT2D eigenvalue weighted by Gasteiger charge is 2.13. The van der Waals surface area contributed by atoms with Crippen molar-refractivity contribution in [1.29, 1.82) is 0 Å². The maximum Gasteiger partial charge on any atom is 0.224 e. The molecule has 0 aliphatic carbocycles.